The number of nitrogens with one attached hydrogen (secondary N) is 2. The third-order valence-corrected chi connectivity index (χ3v) is 5.52. The van der Waals surface area contributed by atoms with Crippen LogP contribution in [0.15, 0.2) is 48.5 Å². The maximum atomic E-state index is 12.6. The molecule has 2 N–H and O–H groups in total. The van der Waals surface area contributed by atoms with Crippen LogP contribution in [0.2, 0.25) is 0 Å². The van der Waals surface area contributed by atoms with Gasteiger partial charge in [0, 0.05) is 13.0 Å². The van der Waals surface area contributed by atoms with E-state index in [1.54, 1.807) is 12.1 Å². The van der Waals surface area contributed by atoms with E-state index in [1.807, 2.05) is 43.3 Å². The Morgan fingerprint density at radius 2 is 1.68 bits per heavy atom. The first-order chi connectivity index (χ1) is 13.6. The van der Waals surface area contributed by atoms with Crippen LogP contribution in [0.3, 0.4) is 0 Å². The molecule has 1 fully saturated rings. The van der Waals surface area contributed by atoms with Crippen molar-refractivity contribution in [1.29, 1.82) is 0 Å². The number of aryl methyl sites for hydroxylation is 1. The predicted molar refractivity (Wildman–Crippen MR) is 113 cm³/mol. The first-order valence-electron chi connectivity index (χ1n) is 10.3. The zero-order chi connectivity index (χ0) is 19.8. The van der Waals surface area contributed by atoms with Crippen molar-refractivity contribution in [2.75, 3.05) is 5.32 Å². The Hall–Kier alpha value is -2.62. The van der Waals surface area contributed by atoms with Gasteiger partial charge in [0.05, 0.1) is 11.3 Å². The summed E-state index contributed by atoms with van der Waals surface area (Å²) in [6.45, 7) is 2.50. The van der Waals surface area contributed by atoms with Crippen molar-refractivity contribution in [3.05, 3.63) is 65.2 Å². The van der Waals surface area contributed by atoms with Crippen molar-refractivity contribution in [1.82, 2.24) is 5.32 Å². The Kier molecular flexibility index (Phi) is 7.24. The summed E-state index contributed by atoms with van der Waals surface area (Å²) in [5.74, 6) is 0.487. The molecule has 0 bridgehead atoms. The molecule has 0 unspecified atom stereocenters. The molecule has 0 aliphatic heterocycles. The molecule has 4 nitrogen and oxygen atoms in total. The van der Waals surface area contributed by atoms with Gasteiger partial charge >= 0.3 is 0 Å². The first kappa shape index (κ1) is 20.1. The average molecular weight is 379 g/mol. The van der Waals surface area contributed by atoms with Crippen LogP contribution in [0.5, 0.6) is 0 Å². The highest BCUT2D eigenvalue weighted by molar-refractivity contribution is 6.03. The fourth-order valence-corrected chi connectivity index (χ4v) is 3.80. The van der Waals surface area contributed by atoms with E-state index in [0.29, 0.717) is 30.1 Å². The minimum absolute atomic E-state index is 0.00985. The van der Waals surface area contributed by atoms with Gasteiger partial charge in [0.25, 0.3) is 5.91 Å². The van der Waals surface area contributed by atoms with E-state index in [0.717, 1.165) is 12.0 Å². The Bertz CT molecular complexity index is 793. The molecule has 2 aromatic rings. The molecule has 1 saturated carbocycles. The van der Waals surface area contributed by atoms with Crippen LogP contribution in [0.4, 0.5) is 5.69 Å². The highest BCUT2D eigenvalue weighted by Crippen LogP contribution is 2.27. The van der Waals surface area contributed by atoms with Crippen LogP contribution in [0.1, 0.15) is 66.4 Å². The molecule has 2 amide bonds. The van der Waals surface area contributed by atoms with Gasteiger partial charge in [-0.2, -0.15) is 0 Å². The smallest absolute Gasteiger partial charge is 0.253 e. The third kappa shape index (κ3) is 5.95. The molecule has 1 aliphatic carbocycles. The van der Waals surface area contributed by atoms with E-state index in [2.05, 4.69) is 10.6 Å². The molecule has 0 spiro atoms. The molecule has 28 heavy (non-hydrogen) atoms. The fourth-order valence-electron chi connectivity index (χ4n) is 3.80. The molecule has 4 heteroatoms. The largest absolute Gasteiger partial charge is 0.348 e. The summed E-state index contributed by atoms with van der Waals surface area (Å²) in [5.41, 5.74) is 3.32. The normalized spacial score (nSPS) is 14.5. The van der Waals surface area contributed by atoms with Crippen LogP contribution in [-0.2, 0) is 11.3 Å². The molecule has 148 valence electrons. The summed E-state index contributed by atoms with van der Waals surface area (Å²) < 4.78 is 0. The molecular formula is C24H30N2O2. The molecule has 2 aromatic carbocycles. The molecule has 0 radical (unpaired) electrons. The highest BCUT2D eigenvalue weighted by atomic mass is 16.2. The molecule has 0 aromatic heterocycles. The second-order valence-corrected chi connectivity index (χ2v) is 7.80. The van der Waals surface area contributed by atoms with Gasteiger partial charge in [0.15, 0.2) is 0 Å². The van der Waals surface area contributed by atoms with E-state index in [-0.39, 0.29) is 11.8 Å². The van der Waals surface area contributed by atoms with Crippen LogP contribution < -0.4 is 10.6 Å². The standard InChI is InChI=1S/C24H30N2O2/c1-18-11-13-20(14-12-18)17-25-24(28)21-9-5-6-10-22(21)26-23(27)16-15-19-7-3-2-4-8-19/h5-6,9-14,19H,2-4,7-8,15-17H2,1H3,(H,25,28)(H,26,27). The van der Waals surface area contributed by atoms with Gasteiger partial charge < -0.3 is 10.6 Å². The number of para-hydroxylation sites is 1. The van der Waals surface area contributed by atoms with Crippen molar-refractivity contribution >= 4 is 17.5 Å². The Balaban J connectivity index is 1.54. The van der Waals surface area contributed by atoms with Gasteiger partial charge in [-0.1, -0.05) is 74.1 Å². The highest BCUT2D eigenvalue weighted by Gasteiger charge is 2.16. The summed E-state index contributed by atoms with van der Waals surface area (Å²) in [7, 11) is 0. The number of carbonyl (C=O) groups excluding carboxylic acids is 2. The van der Waals surface area contributed by atoms with Crippen molar-refractivity contribution in [3.8, 4) is 0 Å². The van der Waals surface area contributed by atoms with E-state index in [4.69, 9.17) is 0 Å². The van der Waals surface area contributed by atoms with Crippen LogP contribution in [0, 0.1) is 12.8 Å². The van der Waals surface area contributed by atoms with Crippen LogP contribution in [-0.4, -0.2) is 11.8 Å². The summed E-state index contributed by atoms with van der Waals surface area (Å²) in [4.78, 5) is 25.0. The zero-order valence-electron chi connectivity index (χ0n) is 16.7. The SMILES string of the molecule is Cc1ccc(CNC(=O)c2ccccc2NC(=O)CCC2CCCCC2)cc1. The summed E-state index contributed by atoms with van der Waals surface area (Å²) in [6.07, 6.45) is 7.84. The van der Waals surface area contributed by atoms with Gasteiger partial charge in [-0.25, -0.2) is 0 Å². The van der Waals surface area contributed by atoms with Crippen LogP contribution in [0.25, 0.3) is 0 Å². The van der Waals surface area contributed by atoms with Crippen molar-refractivity contribution < 1.29 is 9.59 Å². The van der Waals surface area contributed by atoms with Crippen LogP contribution >= 0.6 is 0 Å². The number of hydrogen-bond donors (Lipinski definition) is 2. The number of benzene rings is 2. The van der Waals surface area contributed by atoms with E-state index < -0.39 is 0 Å². The minimum atomic E-state index is -0.177. The summed E-state index contributed by atoms with van der Waals surface area (Å²) in [6, 6.07) is 15.3. The number of carbonyl (C=O) groups is 2. The van der Waals surface area contributed by atoms with Gasteiger partial charge in [-0.05, 0) is 37.0 Å². The lowest BCUT2D eigenvalue weighted by molar-refractivity contribution is -0.116. The van der Waals surface area contributed by atoms with Crippen molar-refractivity contribution in [3.63, 3.8) is 0 Å². The molecule has 0 heterocycles. The lowest BCUT2D eigenvalue weighted by atomic mass is 9.86. The molecule has 1 aliphatic rings. The Morgan fingerprint density at radius 1 is 0.964 bits per heavy atom. The molecule has 3 rings (SSSR count). The molecule has 0 atom stereocenters. The lowest BCUT2D eigenvalue weighted by Crippen LogP contribution is -2.25. The van der Waals surface area contributed by atoms with E-state index in [1.165, 1.54) is 37.7 Å². The topological polar surface area (TPSA) is 58.2 Å². The Labute approximate surface area is 167 Å². The van der Waals surface area contributed by atoms with Gasteiger partial charge in [-0.3, -0.25) is 9.59 Å². The average Bonchev–Trinajstić information content (AvgIpc) is 2.73. The third-order valence-electron chi connectivity index (χ3n) is 5.52. The van der Waals surface area contributed by atoms with Crippen molar-refractivity contribution in [2.24, 2.45) is 5.92 Å². The maximum absolute atomic E-state index is 12.6. The summed E-state index contributed by atoms with van der Waals surface area (Å²) >= 11 is 0. The molecular weight excluding hydrogens is 348 g/mol. The number of hydrogen-bond acceptors (Lipinski definition) is 2. The fraction of sp³-hybridized carbons (Fsp3) is 0.417. The Morgan fingerprint density at radius 3 is 2.43 bits per heavy atom. The molecule has 0 saturated heterocycles. The van der Waals surface area contributed by atoms with E-state index >= 15 is 0 Å². The number of rotatable bonds is 7. The summed E-state index contributed by atoms with van der Waals surface area (Å²) in [5, 5.41) is 5.88. The monoisotopic (exact) mass is 378 g/mol. The first-order valence-corrected chi connectivity index (χ1v) is 10.3. The number of amides is 2. The predicted octanol–water partition coefficient (Wildman–Crippen LogP) is 5.22. The zero-order valence-corrected chi connectivity index (χ0v) is 16.7. The van der Waals surface area contributed by atoms with Crippen molar-refractivity contribution in [2.45, 2.75) is 58.4 Å². The van der Waals surface area contributed by atoms with Gasteiger partial charge in [0.1, 0.15) is 0 Å². The minimum Gasteiger partial charge on any atom is -0.348 e. The second kappa shape index (κ2) is 10.1. The second-order valence-electron chi connectivity index (χ2n) is 7.80. The van der Waals surface area contributed by atoms with Gasteiger partial charge in [0.2, 0.25) is 5.91 Å². The number of anilines is 1. The van der Waals surface area contributed by atoms with E-state index in [9.17, 15) is 9.59 Å². The quantitative estimate of drug-likeness (QED) is 0.693. The lowest BCUT2D eigenvalue weighted by Gasteiger charge is -2.21. The van der Waals surface area contributed by atoms with Gasteiger partial charge in [-0.15, -0.1) is 0 Å². The maximum Gasteiger partial charge on any atom is 0.253 e.